The molecule has 0 aliphatic rings. The molecule has 0 aliphatic carbocycles. The summed E-state index contributed by atoms with van der Waals surface area (Å²) in [6, 6.07) is 0. The van der Waals surface area contributed by atoms with Crippen molar-refractivity contribution in [2.45, 2.75) is 32.6 Å². The number of hydrogen-bond donors (Lipinski definition) is 0. The Bertz CT molecular complexity index is 743. The molecule has 0 radical (unpaired) electrons. The van der Waals surface area contributed by atoms with Crippen molar-refractivity contribution in [3.63, 3.8) is 0 Å². The highest BCUT2D eigenvalue weighted by atomic mass is 32.2. The number of imidazole rings is 1. The maximum Gasteiger partial charge on any atom is 0.381 e. The van der Waals surface area contributed by atoms with Crippen molar-refractivity contribution in [3.05, 3.63) is 22.6 Å². The van der Waals surface area contributed by atoms with Crippen LogP contribution in [0.4, 0.5) is 5.82 Å². The molecule has 0 aliphatic heterocycles. The quantitative estimate of drug-likeness (QED) is 0.240. The average molecular weight is 379 g/mol. The minimum Gasteiger partial charge on any atom is -0.457 e. The van der Waals surface area contributed by atoms with Gasteiger partial charge in [-0.3, -0.25) is 13.8 Å². The van der Waals surface area contributed by atoms with Crippen molar-refractivity contribution >= 4 is 27.9 Å². The van der Waals surface area contributed by atoms with Crippen LogP contribution in [0.15, 0.2) is 12.5 Å². The Balaban J connectivity index is 3.01. The molecule has 1 aromatic rings. The van der Waals surface area contributed by atoms with Gasteiger partial charge in [-0.25, -0.2) is 0 Å². The van der Waals surface area contributed by atoms with Gasteiger partial charge < -0.3 is 24.2 Å². The minimum absolute atomic E-state index is 0.175. The molecule has 0 aromatic carbocycles. The van der Waals surface area contributed by atoms with Crippen LogP contribution in [0.5, 0.6) is 0 Å². The molecule has 0 N–H and O–H groups in total. The zero-order chi connectivity index (χ0) is 19.2. The van der Waals surface area contributed by atoms with Crippen LogP contribution in [0.2, 0.25) is 0 Å². The number of carbonyl (C=O) groups excluding carboxylic acids is 2. The van der Waals surface area contributed by atoms with E-state index in [1.807, 2.05) is 0 Å². The normalized spacial score (nSPS) is 13.7. The number of ether oxygens (including phenoxy) is 2. The highest BCUT2D eigenvalue weighted by molar-refractivity contribution is 7.85. The molecule has 0 saturated heterocycles. The first-order valence-corrected chi connectivity index (χ1v) is 8.64. The first-order valence-electron chi connectivity index (χ1n) is 6.83. The van der Waals surface area contributed by atoms with Gasteiger partial charge in [-0.1, -0.05) is 0 Å². The molecule has 2 atom stereocenters. The SMILES string of the molecule is CC(=O)OC(COS(C)(=O)=O)C(Cn1cnc([N+](=O)[O-])c1)OC(C)=O. The first kappa shape index (κ1) is 20.5. The van der Waals surface area contributed by atoms with E-state index in [-0.39, 0.29) is 6.54 Å². The van der Waals surface area contributed by atoms with Gasteiger partial charge in [0, 0.05) is 13.8 Å². The Hall–Kier alpha value is -2.54. The zero-order valence-corrected chi connectivity index (χ0v) is 14.5. The van der Waals surface area contributed by atoms with E-state index in [1.165, 1.54) is 4.57 Å². The van der Waals surface area contributed by atoms with Crippen LogP contribution in [-0.4, -0.2) is 59.9 Å². The van der Waals surface area contributed by atoms with Gasteiger partial charge in [0.05, 0.1) is 12.8 Å². The molecule has 1 heterocycles. The van der Waals surface area contributed by atoms with E-state index in [1.54, 1.807) is 0 Å². The van der Waals surface area contributed by atoms with E-state index in [0.29, 0.717) is 0 Å². The van der Waals surface area contributed by atoms with Crippen LogP contribution >= 0.6 is 0 Å². The predicted octanol–water partition coefficient (Wildman–Crippen LogP) is -0.369. The van der Waals surface area contributed by atoms with Crippen molar-refractivity contribution in [2.24, 2.45) is 0 Å². The van der Waals surface area contributed by atoms with Crippen LogP contribution in [-0.2, 0) is 39.9 Å². The van der Waals surface area contributed by atoms with Gasteiger partial charge in [0.1, 0.15) is 12.8 Å². The predicted molar refractivity (Wildman–Crippen MR) is 80.8 cm³/mol. The van der Waals surface area contributed by atoms with Crippen molar-refractivity contribution in [1.29, 1.82) is 0 Å². The second-order valence-corrected chi connectivity index (χ2v) is 6.61. The van der Waals surface area contributed by atoms with Gasteiger partial charge in [0.15, 0.2) is 12.2 Å². The van der Waals surface area contributed by atoms with Gasteiger partial charge in [-0.2, -0.15) is 8.42 Å². The number of nitro groups is 1. The molecule has 140 valence electrons. The lowest BCUT2D eigenvalue weighted by Gasteiger charge is -2.25. The van der Waals surface area contributed by atoms with Gasteiger partial charge in [-0.15, -0.1) is 0 Å². The summed E-state index contributed by atoms with van der Waals surface area (Å²) >= 11 is 0. The van der Waals surface area contributed by atoms with Gasteiger partial charge in [-0.05, 0) is 9.91 Å². The summed E-state index contributed by atoms with van der Waals surface area (Å²) in [5, 5.41) is 10.7. The van der Waals surface area contributed by atoms with Crippen LogP contribution in [0.3, 0.4) is 0 Å². The third-order valence-electron chi connectivity index (χ3n) is 2.69. The number of hydrogen-bond acceptors (Lipinski definition) is 10. The fourth-order valence-corrected chi connectivity index (χ4v) is 2.20. The number of nitrogens with zero attached hydrogens (tertiary/aromatic N) is 3. The lowest BCUT2D eigenvalue weighted by Crippen LogP contribution is -2.41. The van der Waals surface area contributed by atoms with Crippen molar-refractivity contribution in [2.75, 3.05) is 12.9 Å². The lowest BCUT2D eigenvalue weighted by atomic mass is 10.2. The Labute approximate surface area is 143 Å². The third-order valence-corrected chi connectivity index (χ3v) is 3.26. The van der Waals surface area contributed by atoms with Gasteiger partial charge >= 0.3 is 17.8 Å². The van der Waals surface area contributed by atoms with E-state index in [9.17, 15) is 28.1 Å². The van der Waals surface area contributed by atoms with Crippen LogP contribution in [0.25, 0.3) is 0 Å². The van der Waals surface area contributed by atoms with E-state index in [2.05, 4.69) is 9.17 Å². The fraction of sp³-hybridized carbons (Fsp3) is 0.583. The van der Waals surface area contributed by atoms with Crippen molar-refractivity contribution in [3.8, 4) is 0 Å². The van der Waals surface area contributed by atoms with Crippen molar-refractivity contribution < 1.29 is 36.6 Å². The van der Waals surface area contributed by atoms with E-state index < -0.39 is 51.6 Å². The molecule has 25 heavy (non-hydrogen) atoms. The summed E-state index contributed by atoms with van der Waals surface area (Å²) in [6.07, 6.45) is 0.600. The minimum atomic E-state index is -3.84. The molecular formula is C12H17N3O9S. The summed E-state index contributed by atoms with van der Waals surface area (Å²) in [5.41, 5.74) is 0. The molecule has 0 fully saturated rings. The molecule has 0 bridgehead atoms. The molecule has 0 spiro atoms. The Morgan fingerprint density at radius 3 is 2.28 bits per heavy atom. The monoisotopic (exact) mass is 379 g/mol. The molecule has 0 amide bonds. The van der Waals surface area contributed by atoms with Crippen LogP contribution < -0.4 is 0 Å². The van der Waals surface area contributed by atoms with E-state index >= 15 is 0 Å². The maximum atomic E-state index is 11.3. The molecule has 1 rings (SSSR count). The Kier molecular flexibility index (Phi) is 6.99. The molecule has 12 nitrogen and oxygen atoms in total. The summed E-state index contributed by atoms with van der Waals surface area (Å²) in [7, 11) is -3.84. The Morgan fingerprint density at radius 1 is 1.28 bits per heavy atom. The van der Waals surface area contributed by atoms with E-state index in [0.717, 1.165) is 32.6 Å². The lowest BCUT2D eigenvalue weighted by molar-refractivity contribution is -0.389. The number of esters is 2. The summed E-state index contributed by atoms with van der Waals surface area (Å²) in [4.78, 5) is 36.0. The highest BCUT2D eigenvalue weighted by Gasteiger charge is 2.30. The van der Waals surface area contributed by atoms with Crippen LogP contribution in [0.1, 0.15) is 13.8 Å². The molecular weight excluding hydrogens is 362 g/mol. The van der Waals surface area contributed by atoms with Crippen molar-refractivity contribution in [1.82, 2.24) is 9.55 Å². The highest BCUT2D eigenvalue weighted by Crippen LogP contribution is 2.13. The fourth-order valence-electron chi connectivity index (χ4n) is 1.82. The molecule has 0 saturated carbocycles. The smallest absolute Gasteiger partial charge is 0.381 e. The second-order valence-electron chi connectivity index (χ2n) is 4.97. The summed E-state index contributed by atoms with van der Waals surface area (Å²) in [5.74, 6) is -1.91. The standard InChI is InChI=1S/C12H17N3O9S/c1-8(16)23-10(4-14-5-12(13-7-14)15(18)19)11(24-9(2)17)6-22-25(3,20)21/h5,7,10-11H,4,6H2,1-3H3. The summed E-state index contributed by atoms with van der Waals surface area (Å²) in [6.45, 7) is 1.42. The van der Waals surface area contributed by atoms with E-state index in [4.69, 9.17) is 9.47 Å². The molecule has 1 aromatic heterocycles. The molecule has 2 unspecified atom stereocenters. The average Bonchev–Trinajstić information content (AvgIpc) is 2.89. The second kappa shape index (κ2) is 8.53. The maximum absolute atomic E-state index is 11.3. The number of rotatable bonds is 9. The largest absolute Gasteiger partial charge is 0.457 e. The first-order chi connectivity index (χ1) is 11.5. The number of carbonyl (C=O) groups is 2. The van der Waals surface area contributed by atoms with Gasteiger partial charge in [0.25, 0.3) is 10.1 Å². The van der Waals surface area contributed by atoms with Crippen LogP contribution in [0, 0.1) is 10.1 Å². The zero-order valence-electron chi connectivity index (χ0n) is 13.6. The Morgan fingerprint density at radius 2 is 1.84 bits per heavy atom. The molecule has 13 heteroatoms. The third kappa shape index (κ3) is 7.71. The van der Waals surface area contributed by atoms with Gasteiger partial charge in [0.2, 0.25) is 6.33 Å². The summed E-state index contributed by atoms with van der Waals surface area (Å²) < 4.78 is 38.1. The topological polar surface area (TPSA) is 157 Å². The number of aromatic nitrogens is 2.